The van der Waals surface area contributed by atoms with Gasteiger partial charge in [-0.25, -0.2) is 0 Å². The molecule has 10 aromatic rings. The van der Waals surface area contributed by atoms with Crippen molar-refractivity contribution in [3.05, 3.63) is 212 Å². The quantitative estimate of drug-likeness (QED) is 0.160. The molecule has 0 aliphatic heterocycles. The molecule has 9 aromatic carbocycles. The Balaban J connectivity index is 1.12. The summed E-state index contributed by atoms with van der Waals surface area (Å²) in [5, 5.41) is 5.13. The summed E-state index contributed by atoms with van der Waals surface area (Å²) >= 11 is 1.86. The highest BCUT2D eigenvalue weighted by atomic mass is 32.1. The molecular weight excluding hydrogens is 671 g/mol. The van der Waals surface area contributed by atoms with Gasteiger partial charge < -0.3 is 4.90 Å². The van der Waals surface area contributed by atoms with E-state index in [4.69, 9.17) is 0 Å². The molecule has 0 saturated heterocycles. The lowest BCUT2D eigenvalue weighted by Gasteiger charge is -2.28. The summed E-state index contributed by atoms with van der Waals surface area (Å²) in [5.74, 6) is 0. The van der Waals surface area contributed by atoms with Gasteiger partial charge in [0.2, 0.25) is 0 Å². The fourth-order valence-electron chi connectivity index (χ4n) is 7.84. The summed E-state index contributed by atoms with van der Waals surface area (Å²) in [6.45, 7) is 0. The smallest absolute Gasteiger partial charge is 0.0540 e. The zero-order valence-electron chi connectivity index (χ0n) is 29.6. The van der Waals surface area contributed by atoms with Gasteiger partial charge in [-0.2, -0.15) is 0 Å². The van der Waals surface area contributed by atoms with Crippen LogP contribution in [-0.2, 0) is 0 Å². The van der Waals surface area contributed by atoms with E-state index in [1.165, 1.54) is 75.5 Å². The highest BCUT2D eigenvalue weighted by Gasteiger charge is 2.19. The Morgan fingerprint density at radius 3 is 1.76 bits per heavy atom. The molecular formula is C52H35NS. The average Bonchev–Trinajstić information content (AvgIpc) is 3.63. The minimum atomic E-state index is 1.10. The van der Waals surface area contributed by atoms with Crippen molar-refractivity contribution < 1.29 is 0 Å². The summed E-state index contributed by atoms with van der Waals surface area (Å²) in [5.41, 5.74) is 12.9. The van der Waals surface area contributed by atoms with Crippen molar-refractivity contribution >= 4 is 59.3 Å². The molecule has 0 aliphatic carbocycles. The van der Waals surface area contributed by atoms with Crippen LogP contribution in [0.1, 0.15) is 0 Å². The summed E-state index contributed by atoms with van der Waals surface area (Å²) in [7, 11) is 0. The molecule has 0 bridgehead atoms. The molecule has 0 aliphatic rings. The maximum atomic E-state index is 2.41. The van der Waals surface area contributed by atoms with Crippen molar-refractivity contribution in [3.63, 3.8) is 0 Å². The lowest BCUT2D eigenvalue weighted by atomic mass is 9.95. The molecule has 0 atom stereocenters. The standard InChI is InChI=1S/C52H35NS/c1-2-13-36(14-3-1)37-27-30-43(31-28-37)53(50-25-8-6-22-47(50)42-29-32-52-49(35-42)48-23-7-9-26-51(48)54-52)44-20-11-18-40(34-44)39-17-10-19-41(33-39)46-24-12-16-38-15-4-5-21-45(38)46/h1-35H. The summed E-state index contributed by atoms with van der Waals surface area (Å²) < 4.78 is 2.63. The zero-order valence-corrected chi connectivity index (χ0v) is 30.4. The molecule has 0 saturated carbocycles. The van der Waals surface area contributed by atoms with E-state index < -0.39 is 0 Å². The molecule has 1 aromatic heterocycles. The van der Waals surface area contributed by atoms with Crippen molar-refractivity contribution in [2.75, 3.05) is 4.90 Å². The highest BCUT2D eigenvalue weighted by molar-refractivity contribution is 7.25. The zero-order chi connectivity index (χ0) is 35.8. The topological polar surface area (TPSA) is 3.24 Å². The molecule has 2 heteroatoms. The van der Waals surface area contributed by atoms with Gasteiger partial charge in [-0.1, -0.05) is 158 Å². The van der Waals surface area contributed by atoms with Crippen LogP contribution in [0.15, 0.2) is 212 Å². The van der Waals surface area contributed by atoms with Crippen LogP contribution in [0, 0.1) is 0 Å². The van der Waals surface area contributed by atoms with E-state index in [1.807, 2.05) is 11.3 Å². The summed E-state index contributed by atoms with van der Waals surface area (Å²) in [6, 6.07) is 77.2. The Kier molecular flexibility index (Phi) is 8.09. The largest absolute Gasteiger partial charge is 0.310 e. The first-order chi connectivity index (χ1) is 26.8. The molecule has 0 amide bonds. The van der Waals surface area contributed by atoms with E-state index in [-0.39, 0.29) is 0 Å². The van der Waals surface area contributed by atoms with Crippen LogP contribution in [0.4, 0.5) is 17.1 Å². The third-order valence-electron chi connectivity index (χ3n) is 10.5. The molecule has 1 heterocycles. The lowest BCUT2D eigenvalue weighted by Crippen LogP contribution is -2.11. The lowest BCUT2D eigenvalue weighted by molar-refractivity contribution is 1.28. The number of rotatable bonds is 7. The predicted octanol–water partition coefficient (Wildman–Crippen LogP) is 15.3. The number of hydrogen-bond acceptors (Lipinski definition) is 2. The average molecular weight is 706 g/mol. The van der Waals surface area contributed by atoms with E-state index in [1.54, 1.807) is 0 Å². The molecule has 254 valence electrons. The number of anilines is 3. The summed E-state index contributed by atoms with van der Waals surface area (Å²) in [6.07, 6.45) is 0. The van der Waals surface area contributed by atoms with Crippen molar-refractivity contribution in [2.45, 2.75) is 0 Å². The van der Waals surface area contributed by atoms with Crippen molar-refractivity contribution in [3.8, 4) is 44.5 Å². The predicted molar refractivity (Wildman–Crippen MR) is 233 cm³/mol. The molecule has 0 radical (unpaired) electrons. The van der Waals surface area contributed by atoms with Gasteiger partial charge in [-0.05, 0) is 104 Å². The van der Waals surface area contributed by atoms with Gasteiger partial charge in [0.1, 0.15) is 0 Å². The maximum Gasteiger partial charge on any atom is 0.0540 e. The van der Waals surface area contributed by atoms with Crippen LogP contribution >= 0.6 is 11.3 Å². The molecule has 10 rings (SSSR count). The second kappa shape index (κ2) is 13.7. The Morgan fingerprint density at radius 2 is 0.870 bits per heavy atom. The van der Waals surface area contributed by atoms with E-state index in [0.29, 0.717) is 0 Å². The van der Waals surface area contributed by atoms with Crippen LogP contribution in [0.25, 0.3) is 75.5 Å². The first-order valence-electron chi connectivity index (χ1n) is 18.4. The van der Waals surface area contributed by atoms with Gasteiger partial charge in [0.15, 0.2) is 0 Å². The van der Waals surface area contributed by atoms with Crippen LogP contribution in [0.3, 0.4) is 0 Å². The number of hydrogen-bond donors (Lipinski definition) is 0. The summed E-state index contributed by atoms with van der Waals surface area (Å²) in [4.78, 5) is 2.41. The van der Waals surface area contributed by atoms with Crippen LogP contribution < -0.4 is 4.90 Å². The monoisotopic (exact) mass is 705 g/mol. The van der Waals surface area contributed by atoms with Crippen molar-refractivity contribution in [1.29, 1.82) is 0 Å². The normalized spacial score (nSPS) is 11.3. The van der Waals surface area contributed by atoms with Gasteiger partial charge in [-0.15, -0.1) is 11.3 Å². The molecule has 0 N–H and O–H groups in total. The van der Waals surface area contributed by atoms with Crippen molar-refractivity contribution in [1.82, 2.24) is 0 Å². The Bertz CT molecular complexity index is 2930. The van der Waals surface area contributed by atoms with Crippen LogP contribution in [0.2, 0.25) is 0 Å². The third kappa shape index (κ3) is 5.84. The number of para-hydroxylation sites is 1. The first kappa shape index (κ1) is 32.0. The minimum Gasteiger partial charge on any atom is -0.310 e. The Labute approximate surface area is 319 Å². The third-order valence-corrected chi connectivity index (χ3v) is 11.6. The van der Waals surface area contributed by atoms with Gasteiger partial charge in [0.25, 0.3) is 0 Å². The molecule has 0 unspecified atom stereocenters. The maximum absolute atomic E-state index is 2.41. The second-order valence-electron chi connectivity index (χ2n) is 13.7. The fourth-order valence-corrected chi connectivity index (χ4v) is 8.92. The van der Waals surface area contributed by atoms with E-state index >= 15 is 0 Å². The van der Waals surface area contributed by atoms with Gasteiger partial charge >= 0.3 is 0 Å². The Morgan fingerprint density at radius 1 is 0.296 bits per heavy atom. The second-order valence-corrected chi connectivity index (χ2v) is 14.8. The van der Waals surface area contributed by atoms with Crippen molar-refractivity contribution in [2.24, 2.45) is 0 Å². The molecule has 0 spiro atoms. The SMILES string of the molecule is c1ccc(-c2ccc(N(c3cccc(-c4cccc(-c5cccc6ccccc56)c4)c3)c3ccccc3-c3ccc4sc5ccccc5c4c3)cc2)cc1. The number of thiophene rings is 1. The van der Waals surface area contributed by atoms with Gasteiger partial charge in [-0.3, -0.25) is 0 Å². The fraction of sp³-hybridized carbons (Fsp3) is 0. The highest BCUT2D eigenvalue weighted by Crippen LogP contribution is 2.44. The van der Waals surface area contributed by atoms with E-state index in [2.05, 4.69) is 217 Å². The van der Waals surface area contributed by atoms with Crippen LogP contribution in [-0.4, -0.2) is 0 Å². The minimum absolute atomic E-state index is 1.10. The first-order valence-corrected chi connectivity index (χ1v) is 19.2. The number of nitrogens with zero attached hydrogens (tertiary/aromatic N) is 1. The van der Waals surface area contributed by atoms with Crippen LogP contribution in [0.5, 0.6) is 0 Å². The molecule has 54 heavy (non-hydrogen) atoms. The Hall–Kier alpha value is -6.74. The van der Waals surface area contributed by atoms with E-state index in [9.17, 15) is 0 Å². The molecule has 0 fully saturated rings. The number of benzene rings is 9. The van der Waals surface area contributed by atoms with Gasteiger partial charge in [0, 0.05) is 37.1 Å². The van der Waals surface area contributed by atoms with Gasteiger partial charge in [0.05, 0.1) is 5.69 Å². The number of fused-ring (bicyclic) bond motifs is 4. The van der Waals surface area contributed by atoms with E-state index in [0.717, 1.165) is 17.1 Å². The molecule has 1 nitrogen and oxygen atoms in total.